The molecule has 1 aliphatic rings. The molecule has 154 valence electrons. The van der Waals surface area contributed by atoms with Crippen LogP contribution in [0.15, 0.2) is 45.0 Å². The first-order chi connectivity index (χ1) is 14.0. The van der Waals surface area contributed by atoms with Gasteiger partial charge in [-0.2, -0.15) is 4.31 Å². The van der Waals surface area contributed by atoms with Gasteiger partial charge in [-0.05, 0) is 43.2 Å². The van der Waals surface area contributed by atoms with Crippen LogP contribution in [0.25, 0.3) is 11.4 Å². The smallest absolute Gasteiger partial charge is 0.276 e. The van der Waals surface area contributed by atoms with Gasteiger partial charge in [0.15, 0.2) is 5.82 Å². The summed E-state index contributed by atoms with van der Waals surface area (Å²) < 4.78 is 37.5. The molecular formula is C18H19ClN4O4S2. The molecule has 0 aliphatic carbocycles. The number of halogens is 1. The molecule has 8 nitrogen and oxygen atoms in total. The lowest BCUT2D eigenvalue weighted by Gasteiger charge is -2.12. The van der Waals surface area contributed by atoms with Crippen molar-refractivity contribution in [2.24, 2.45) is 0 Å². The van der Waals surface area contributed by atoms with Crippen molar-refractivity contribution in [1.82, 2.24) is 19.5 Å². The molecule has 29 heavy (non-hydrogen) atoms. The lowest BCUT2D eigenvalue weighted by Crippen LogP contribution is -2.27. The Morgan fingerprint density at radius 1 is 1.28 bits per heavy atom. The first-order valence-corrected chi connectivity index (χ1v) is 11.8. The Morgan fingerprint density at radius 2 is 2.07 bits per heavy atom. The minimum absolute atomic E-state index is 0.0191. The highest BCUT2D eigenvalue weighted by atomic mass is 35.5. The molecule has 1 aromatic carbocycles. The van der Waals surface area contributed by atoms with Gasteiger partial charge in [0.25, 0.3) is 10.0 Å². The van der Waals surface area contributed by atoms with E-state index >= 15 is 0 Å². The van der Waals surface area contributed by atoms with Crippen LogP contribution in [0.1, 0.15) is 18.6 Å². The highest BCUT2D eigenvalue weighted by Crippen LogP contribution is 2.32. The fraction of sp³-hybridized carbons (Fsp3) is 0.333. The van der Waals surface area contributed by atoms with Gasteiger partial charge in [-0.25, -0.2) is 13.4 Å². The van der Waals surface area contributed by atoms with Gasteiger partial charge in [0.05, 0.1) is 18.4 Å². The molecule has 0 bridgehead atoms. The lowest BCUT2D eigenvalue weighted by atomic mass is 10.2. The molecule has 1 N–H and O–H groups in total. The molecule has 2 aromatic heterocycles. The Morgan fingerprint density at radius 3 is 2.83 bits per heavy atom. The van der Waals surface area contributed by atoms with Crippen molar-refractivity contribution < 1.29 is 17.6 Å². The molecule has 4 rings (SSSR count). The zero-order valence-corrected chi connectivity index (χ0v) is 18.0. The summed E-state index contributed by atoms with van der Waals surface area (Å²) in [5.41, 5.74) is 0.705. The van der Waals surface area contributed by atoms with Crippen LogP contribution in [0.2, 0.25) is 5.02 Å². The second-order valence-corrected chi connectivity index (χ2v) is 9.68. The quantitative estimate of drug-likeness (QED) is 0.541. The van der Waals surface area contributed by atoms with Gasteiger partial charge < -0.3 is 9.15 Å². The van der Waals surface area contributed by atoms with Crippen LogP contribution in [0, 0.1) is 0 Å². The van der Waals surface area contributed by atoms with E-state index in [1.54, 1.807) is 31.4 Å². The zero-order valence-electron chi connectivity index (χ0n) is 15.6. The third kappa shape index (κ3) is 4.30. The minimum Gasteiger partial charge on any atom is -0.496 e. The second-order valence-electron chi connectivity index (χ2n) is 6.43. The summed E-state index contributed by atoms with van der Waals surface area (Å²) in [7, 11) is -1.98. The van der Waals surface area contributed by atoms with E-state index in [0.29, 0.717) is 51.9 Å². The SMILES string of the molecule is COc1ccc(Cl)cc1-c1nc(SCc2ccc(S(=O)(=O)N3CCCC3)o2)n[nH]1. The minimum atomic E-state index is -3.55. The summed E-state index contributed by atoms with van der Waals surface area (Å²) in [6.45, 7) is 1.08. The molecule has 11 heteroatoms. The topological polar surface area (TPSA) is 101 Å². The number of H-pyrrole nitrogens is 1. The van der Waals surface area contributed by atoms with Crippen molar-refractivity contribution in [2.45, 2.75) is 28.8 Å². The van der Waals surface area contributed by atoms with E-state index < -0.39 is 10.0 Å². The maximum Gasteiger partial charge on any atom is 0.276 e. The Hall–Kier alpha value is -2.01. The molecule has 1 saturated heterocycles. The van der Waals surface area contributed by atoms with E-state index in [1.807, 2.05) is 0 Å². The maximum atomic E-state index is 12.5. The maximum absolute atomic E-state index is 12.5. The number of hydrogen-bond acceptors (Lipinski definition) is 7. The summed E-state index contributed by atoms with van der Waals surface area (Å²) in [4.78, 5) is 4.45. The van der Waals surface area contributed by atoms with Crippen molar-refractivity contribution in [3.63, 3.8) is 0 Å². The molecule has 0 saturated carbocycles. The molecule has 0 amide bonds. The molecule has 1 aliphatic heterocycles. The molecule has 0 atom stereocenters. The third-order valence-electron chi connectivity index (χ3n) is 4.52. The highest BCUT2D eigenvalue weighted by Gasteiger charge is 2.30. The van der Waals surface area contributed by atoms with E-state index in [2.05, 4.69) is 15.2 Å². The van der Waals surface area contributed by atoms with Crippen LogP contribution in [0.4, 0.5) is 0 Å². The number of methoxy groups -OCH3 is 1. The summed E-state index contributed by atoms with van der Waals surface area (Å²) in [6, 6.07) is 8.42. The number of benzene rings is 1. The van der Waals surface area contributed by atoms with Crippen LogP contribution >= 0.6 is 23.4 Å². The number of sulfonamides is 1. The summed E-state index contributed by atoms with van der Waals surface area (Å²) >= 11 is 7.40. The standard InChI is InChI=1S/C18H19ClN4O4S2/c1-26-15-6-4-12(19)10-14(15)17-20-18(22-21-17)28-11-13-5-7-16(27-13)29(24,25)23-8-2-3-9-23/h4-7,10H,2-3,8-9,11H2,1H3,(H,20,21,22). The molecule has 3 heterocycles. The van der Waals surface area contributed by atoms with Crippen molar-refractivity contribution in [3.8, 4) is 17.1 Å². The van der Waals surface area contributed by atoms with E-state index in [1.165, 1.54) is 22.1 Å². The van der Waals surface area contributed by atoms with Gasteiger partial charge in [0, 0.05) is 18.1 Å². The normalized spacial score (nSPS) is 15.1. The highest BCUT2D eigenvalue weighted by molar-refractivity contribution is 7.98. The van der Waals surface area contributed by atoms with Crippen molar-refractivity contribution >= 4 is 33.4 Å². The third-order valence-corrected chi connectivity index (χ3v) is 7.40. The summed E-state index contributed by atoms with van der Waals surface area (Å²) in [5.74, 6) is 2.10. The first-order valence-electron chi connectivity index (χ1n) is 8.95. The average Bonchev–Trinajstić information content (AvgIpc) is 3.48. The first kappa shape index (κ1) is 20.3. The van der Waals surface area contributed by atoms with Crippen molar-refractivity contribution in [2.75, 3.05) is 20.2 Å². The van der Waals surface area contributed by atoms with E-state index in [-0.39, 0.29) is 5.09 Å². The number of rotatable bonds is 7. The van der Waals surface area contributed by atoms with Crippen LogP contribution < -0.4 is 4.74 Å². The predicted octanol–water partition coefficient (Wildman–Crippen LogP) is 3.80. The van der Waals surface area contributed by atoms with Gasteiger partial charge >= 0.3 is 0 Å². The Balaban J connectivity index is 1.45. The van der Waals surface area contributed by atoms with Crippen molar-refractivity contribution in [3.05, 3.63) is 41.1 Å². The second kappa shape index (κ2) is 8.39. The van der Waals surface area contributed by atoms with Crippen LogP contribution in [-0.2, 0) is 15.8 Å². The van der Waals surface area contributed by atoms with Crippen LogP contribution in [0.3, 0.4) is 0 Å². The largest absolute Gasteiger partial charge is 0.496 e. The monoisotopic (exact) mass is 454 g/mol. The zero-order chi connectivity index (χ0) is 20.4. The number of nitrogens with one attached hydrogen (secondary N) is 1. The number of nitrogens with zero attached hydrogens (tertiary/aromatic N) is 3. The van der Waals surface area contributed by atoms with Gasteiger partial charge in [-0.1, -0.05) is 23.4 Å². The predicted molar refractivity (Wildman–Crippen MR) is 110 cm³/mol. The molecule has 0 radical (unpaired) electrons. The molecular weight excluding hydrogens is 436 g/mol. The fourth-order valence-corrected chi connectivity index (χ4v) is 5.37. The van der Waals surface area contributed by atoms with Crippen LogP contribution in [0.5, 0.6) is 5.75 Å². The van der Waals surface area contributed by atoms with Gasteiger partial charge in [0.1, 0.15) is 11.5 Å². The van der Waals surface area contributed by atoms with Crippen molar-refractivity contribution in [1.29, 1.82) is 0 Å². The number of hydrogen-bond donors (Lipinski definition) is 1. The van der Waals surface area contributed by atoms with E-state index in [9.17, 15) is 8.42 Å². The number of ether oxygens (including phenoxy) is 1. The Bertz CT molecular complexity index is 1110. The lowest BCUT2D eigenvalue weighted by molar-refractivity contribution is 0.397. The van der Waals surface area contributed by atoms with E-state index in [0.717, 1.165) is 12.8 Å². The molecule has 0 spiro atoms. The van der Waals surface area contributed by atoms with Gasteiger partial charge in [0.2, 0.25) is 10.2 Å². The number of aromatic nitrogens is 3. The van der Waals surface area contributed by atoms with Gasteiger partial charge in [-0.15, -0.1) is 5.10 Å². The van der Waals surface area contributed by atoms with Crippen LogP contribution in [-0.4, -0.2) is 48.1 Å². The van der Waals surface area contributed by atoms with Gasteiger partial charge in [-0.3, -0.25) is 5.10 Å². The Labute approximate surface area is 177 Å². The average molecular weight is 455 g/mol. The summed E-state index contributed by atoms with van der Waals surface area (Å²) in [5, 5.41) is 8.11. The number of thioether (sulfide) groups is 1. The number of furan rings is 1. The molecule has 0 unspecified atom stereocenters. The molecule has 3 aromatic rings. The molecule has 1 fully saturated rings. The van der Waals surface area contributed by atoms with E-state index in [4.69, 9.17) is 20.8 Å². The Kier molecular flexibility index (Phi) is 5.86. The summed E-state index contributed by atoms with van der Waals surface area (Å²) in [6.07, 6.45) is 1.76. The fourth-order valence-electron chi connectivity index (χ4n) is 3.06. The number of aromatic amines is 1.